The number of nitrogens with one attached hydrogen (secondary N) is 2. The van der Waals surface area contributed by atoms with Gasteiger partial charge in [0.05, 0.1) is 67.0 Å². The van der Waals surface area contributed by atoms with E-state index in [4.69, 9.17) is 18.9 Å². The molecule has 1 fully saturated rings. The zero-order valence-corrected chi connectivity index (χ0v) is 13.1. The summed E-state index contributed by atoms with van der Waals surface area (Å²) in [6.07, 6.45) is 0. The van der Waals surface area contributed by atoms with Crippen molar-refractivity contribution in [1.82, 2.24) is 0 Å². The van der Waals surface area contributed by atoms with Crippen LogP contribution >= 0.6 is 0 Å². The molecule has 1 saturated heterocycles. The van der Waals surface area contributed by atoms with Crippen LogP contribution in [-0.2, 0) is 18.9 Å². The maximum absolute atomic E-state index is 5.68. The Labute approximate surface area is 122 Å². The monoisotopic (exact) mass is 292 g/mol. The molecule has 0 aromatic carbocycles. The molecule has 0 spiro atoms. The molecule has 6 nitrogen and oxygen atoms in total. The zero-order chi connectivity index (χ0) is 14.5. The van der Waals surface area contributed by atoms with Gasteiger partial charge in [0.15, 0.2) is 0 Å². The van der Waals surface area contributed by atoms with Crippen LogP contribution in [0.5, 0.6) is 0 Å². The molecule has 0 aliphatic carbocycles. The zero-order valence-electron chi connectivity index (χ0n) is 13.1. The average molecular weight is 292 g/mol. The Morgan fingerprint density at radius 3 is 1.05 bits per heavy atom. The molecule has 1 heterocycles. The number of hydrogen-bond acceptors (Lipinski definition) is 4. The van der Waals surface area contributed by atoms with Gasteiger partial charge >= 0.3 is 0 Å². The van der Waals surface area contributed by atoms with Crippen molar-refractivity contribution in [2.24, 2.45) is 0 Å². The standard InChI is InChI=1S/C14H30N2O4/c1-15-3-7-17-8-4-16(2)6-10-19-12-14-20-13-11-18-9-5-15/h3-14H2,1-2H3/p+2. The quantitative estimate of drug-likeness (QED) is 0.503. The third kappa shape index (κ3) is 10.5. The summed E-state index contributed by atoms with van der Waals surface area (Å²) < 4.78 is 22.2. The summed E-state index contributed by atoms with van der Waals surface area (Å²) in [7, 11) is 4.35. The Morgan fingerprint density at radius 1 is 0.450 bits per heavy atom. The van der Waals surface area contributed by atoms with E-state index in [2.05, 4.69) is 14.1 Å². The van der Waals surface area contributed by atoms with Crippen molar-refractivity contribution in [3.05, 3.63) is 0 Å². The molecule has 0 aromatic rings. The summed E-state index contributed by atoms with van der Waals surface area (Å²) in [5.74, 6) is 0. The van der Waals surface area contributed by atoms with E-state index in [-0.39, 0.29) is 0 Å². The Kier molecular flexibility index (Phi) is 11.1. The predicted octanol–water partition coefficient (Wildman–Crippen LogP) is -2.90. The third-order valence-electron chi connectivity index (χ3n) is 3.44. The molecule has 0 amide bonds. The van der Waals surface area contributed by atoms with Crippen molar-refractivity contribution in [3.8, 4) is 0 Å². The maximum Gasteiger partial charge on any atom is 0.101 e. The number of ether oxygens (including phenoxy) is 4. The number of likely N-dealkylation sites (N-methyl/N-ethyl adjacent to an activating group) is 2. The number of quaternary nitrogens is 2. The van der Waals surface area contributed by atoms with Gasteiger partial charge in [-0.25, -0.2) is 0 Å². The van der Waals surface area contributed by atoms with E-state index in [0.29, 0.717) is 26.4 Å². The minimum atomic E-state index is 0.649. The largest absolute Gasteiger partial charge is 0.377 e. The lowest BCUT2D eigenvalue weighted by Gasteiger charge is -2.16. The summed E-state index contributed by atoms with van der Waals surface area (Å²) in [4.78, 5) is 2.89. The van der Waals surface area contributed by atoms with E-state index in [9.17, 15) is 0 Å². The van der Waals surface area contributed by atoms with E-state index < -0.39 is 0 Å². The summed E-state index contributed by atoms with van der Waals surface area (Å²) in [5.41, 5.74) is 0. The molecule has 0 bridgehead atoms. The molecule has 0 radical (unpaired) electrons. The van der Waals surface area contributed by atoms with E-state index in [1.54, 1.807) is 0 Å². The fourth-order valence-corrected chi connectivity index (χ4v) is 1.88. The molecule has 0 saturated carbocycles. The lowest BCUT2D eigenvalue weighted by molar-refractivity contribution is -0.884. The van der Waals surface area contributed by atoms with E-state index in [1.807, 2.05) is 0 Å². The lowest BCUT2D eigenvalue weighted by atomic mass is 10.5. The Balaban J connectivity index is 2.16. The van der Waals surface area contributed by atoms with Crippen molar-refractivity contribution in [2.75, 3.05) is 93.1 Å². The Morgan fingerprint density at radius 2 is 0.700 bits per heavy atom. The van der Waals surface area contributed by atoms with Crippen molar-refractivity contribution in [1.29, 1.82) is 0 Å². The van der Waals surface area contributed by atoms with Crippen LogP contribution < -0.4 is 9.80 Å². The Bertz CT molecular complexity index is 199. The SMILES string of the molecule is C[NH+]1CCOCCOCCOCC[NH+](C)CCOCC1. The normalized spacial score (nSPS) is 30.3. The van der Waals surface area contributed by atoms with Gasteiger partial charge in [0.25, 0.3) is 0 Å². The second-order valence-electron chi connectivity index (χ2n) is 5.36. The van der Waals surface area contributed by atoms with Gasteiger partial charge in [0.1, 0.15) is 26.2 Å². The maximum atomic E-state index is 5.68. The van der Waals surface area contributed by atoms with Gasteiger partial charge < -0.3 is 28.7 Å². The average Bonchev–Trinajstić information content (AvgIpc) is 2.43. The topological polar surface area (TPSA) is 45.8 Å². The van der Waals surface area contributed by atoms with Crippen molar-refractivity contribution >= 4 is 0 Å². The van der Waals surface area contributed by atoms with Gasteiger partial charge in [-0.15, -0.1) is 0 Å². The predicted molar refractivity (Wildman–Crippen MR) is 76.5 cm³/mol. The molecule has 120 valence electrons. The number of rotatable bonds is 0. The van der Waals surface area contributed by atoms with Gasteiger partial charge in [-0.05, 0) is 0 Å². The highest BCUT2D eigenvalue weighted by atomic mass is 16.5. The molecular weight excluding hydrogens is 260 g/mol. The van der Waals surface area contributed by atoms with E-state index in [0.717, 1.165) is 52.6 Å². The number of hydrogen-bond donors (Lipinski definition) is 2. The summed E-state index contributed by atoms with van der Waals surface area (Å²) in [5, 5.41) is 0. The highest BCUT2D eigenvalue weighted by Crippen LogP contribution is 1.80. The van der Waals surface area contributed by atoms with Crippen LogP contribution in [0.1, 0.15) is 0 Å². The molecule has 2 unspecified atom stereocenters. The summed E-state index contributed by atoms with van der Waals surface area (Å²) in [6, 6.07) is 0. The molecular formula is C14H32N2O4+2. The summed E-state index contributed by atoms with van der Waals surface area (Å²) in [6.45, 7) is 9.90. The minimum absolute atomic E-state index is 0.649. The molecule has 2 atom stereocenters. The van der Waals surface area contributed by atoms with E-state index in [1.165, 1.54) is 9.80 Å². The van der Waals surface area contributed by atoms with Gasteiger partial charge in [0, 0.05) is 0 Å². The first-order chi connectivity index (χ1) is 9.79. The molecule has 0 aromatic heterocycles. The molecule has 1 aliphatic rings. The van der Waals surface area contributed by atoms with Gasteiger partial charge in [-0.1, -0.05) is 0 Å². The minimum Gasteiger partial charge on any atom is -0.377 e. The Hall–Kier alpha value is -0.240. The van der Waals surface area contributed by atoms with Crippen LogP contribution in [0.4, 0.5) is 0 Å². The third-order valence-corrected chi connectivity index (χ3v) is 3.44. The first-order valence-electron chi connectivity index (χ1n) is 7.72. The van der Waals surface area contributed by atoms with Crippen molar-refractivity contribution < 1.29 is 28.7 Å². The second kappa shape index (κ2) is 12.5. The van der Waals surface area contributed by atoms with Crippen LogP contribution in [0.25, 0.3) is 0 Å². The van der Waals surface area contributed by atoms with Crippen LogP contribution in [0.15, 0.2) is 0 Å². The molecule has 1 aliphatic heterocycles. The highest BCUT2D eigenvalue weighted by molar-refractivity contribution is 4.36. The highest BCUT2D eigenvalue weighted by Gasteiger charge is 2.05. The second-order valence-corrected chi connectivity index (χ2v) is 5.36. The van der Waals surface area contributed by atoms with Crippen molar-refractivity contribution in [3.63, 3.8) is 0 Å². The van der Waals surface area contributed by atoms with Crippen LogP contribution in [0, 0.1) is 0 Å². The molecule has 1 rings (SSSR count). The lowest BCUT2D eigenvalue weighted by Crippen LogP contribution is -3.10. The molecule has 2 N–H and O–H groups in total. The summed E-state index contributed by atoms with van der Waals surface area (Å²) >= 11 is 0. The van der Waals surface area contributed by atoms with Crippen LogP contribution in [0.3, 0.4) is 0 Å². The first-order valence-corrected chi connectivity index (χ1v) is 7.72. The van der Waals surface area contributed by atoms with Gasteiger partial charge in [-0.3, -0.25) is 0 Å². The fourth-order valence-electron chi connectivity index (χ4n) is 1.88. The fraction of sp³-hybridized carbons (Fsp3) is 1.00. The van der Waals surface area contributed by atoms with Crippen LogP contribution in [0.2, 0.25) is 0 Å². The van der Waals surface area contributed by atoms with Gasteiger partial charge in [-0.2, -0.15) is 0 Å². The first kappa shape index (κ1) is 17.8. The van der Waals surface area contributed by atoms with Gasteiger partial charge in [0.2, 0.25) is 0 Å². The van der Waals surface area contributed by atoms with Crippen molar-refractivity contribution in [2.45, 2.75) is 0 Å². The molecule has 20 heavy (non-hydrogen) atoms. The smallest absolute Gasteiger partial charge is 0.101 e. The molecule has 6 heteroatoms. The van der Waals surface area contributed by atoms with Crippen LogP contribution in [-0.4, -0.2) is 93.1 Å². The van der Waals surface area contributed by atoms with E-state index >= 15 is 0 Å².